The van der Waals surface area contributed by atoms with Crippen LogP contribution in [0.1, 0.15) is 5.56 Å². The van der Waals surface area contributed by atoms with Gasteiger partial charge >= 0.3 is 0 Å². The van der Waals surface area contributed by atoms with Gasteiger partial charge in [-0.1, -0.05) is 97.1 Å². The minimum atomic E-state index is 1.10. The number of hydrogen-bond donors (Lipinski definition) is 0. The molecule has 0 aliphatic rings. The zero-order chi connectivity index (χ0) is 26.4. The first-order valence-electron chi connectivity index (χ1n) is 13.3. The number of nitrogens with zero attached hydrogens (tertiary/aromatic N) is 2. The Hall–Kier alpha value is -5.08. The average molecular weight is 503 g/mol. The van der Waals surface area contributed by atoms with Crippen LogP contribution in [0.4, 0.5) is 34.1 Å². The monoisotopic (exact) mass is 502 g/mol. The van der Waals surface area contributed by atoms with Gasteiger partial charge in [-0.3, -0.25) is 0 Å². The Morgan fingerprint density at radius 3 is 1.44 bits per heavy atom. The first kappa shape index (κ1) is 24.3. The number of aryl methyl sites for hydroxylation is 1. The molecule has 0 fully saturated rings. The summed E-state index contributed by atoms with van der Waals surface area (Å²) in [5.74, 6) is 0. The third-order valence-corrected chi connectivity index (χ3v) is 6.88. The topological polar surface area (TPSA) is 6.48 Å². The zero-order valence-corrected chi connectivity index (χ0v) is 22.0. The molecule has 0 N–H and O–H groups in total. The van der Waals surface area contributed by atoms with Gasteiger partial charge in [-0.15, -0.1) is 0 Å². The lowest BCUT2D eigenvalue weighted by atomic mass is 10.0. The van der Waals surface area contributed by atoms with Crippen LogP contribution < -0.4 is 9.80 Å². The number of anilines is 6. The van der Waals surface area contributed by atoms with Crippen LogP contribution in [-0.4, -0.2) is 0 Å². The van der Waals surface area contributed by atoms with Crippen LogP contribution in [0, 0.1) is 6.92 Å². The van der Waals surface area contributed by atoms with E-state index in [0.717, 1.165) is 34.1 Å². The molecule has 6 aromatic rings. The minimum absolute atomic E-state index is 1.10. The van der Waals surface area contributed by atoms with Crippen molar-refractivity contribution in [2.45, 2.75) is 6.92 Å². The Balaban J connectivity index is 1.47. The molecule has 0 atom stereocenters. The van der Waals surface area contributed by atoms with Crippen molar-refractivity contribution in [2.24, 2.45) is 0 Å². The fraction of sp³-hybridized carbons (Fsp3) is 0.0270. The van der Waals surface area contributed by atoms with E-state index in [0.29, 0.717) is 0 Å². The second-order valence-electron chi connectivity index (χ2n) is 9.58. The standard InChI is InChI=1S/C37H30N2/c1-29-14-13-21-35(28-29)38(31-17-7-3-8-18-31)33-24-26-34(27-25-33)39(32-19-9-4-10-20-32)37-23-12-11-22-36(37)30-15-5-2-6-16-30/h2-28H,1H3. The van der Waals surface area contributed by atoms with E-state index in [2.05, 4.69) is 181 Å². The minimum Gasteiger partial charge on any atom is -0.310 e. The molecule has 2 nitrogen and oxygen atoms in total. The molecule has 0 radical (unpaired) electrons. The molecule has 0 saturated heterocycles. The molecule has 6 rings (SSSR count). The molecular formula is C37H30N2. The molecule has 2 heteroatoms. The Bertz CT molecular complexity index is 1640. The highest BCUT2D eigenvalue weighted by molar-refractivity contribution is 5.88. The number of para-hydroxylation sites is 3. The van der Waals surface area contributed by atoms with E-state index in [1.54, 1.807) is 0 Å². The summed E-state index contributed by atoms with van der Waals surface area (Å²) >= 11 is 0. The van der Waals surface area contributed by atoms with Gasteiger partial charge in [0.05, 0.1) is 5.69 Å². The van der Waals surface area contributed by atoms with E-state index in [1.165, 1.54) is 16.7 Å². The van der Waals surface area contributed by atoms with Crippen molar-refractivity contribution in [1.29, 1.82) is 0 Å². The second-order valence-corrected chi connectivity index (χ2v) is 9.58. The van der Waals surface area contributed by atoms with E-state index >= 15 is 0 Å². The number of benzene rings is 6. The molecular weight excluding hydrogens is 472 g/mol. The summed E-state index contributed by atoms with van der Waals surface area (Å²) in [6.07, 6.45) is 0. The summed E-state index contributed by atoms with van der Waals surface area (Å²) in [6.45, 7) is 2.14. The lowest BCUT2D eigenvalue weighted by molar-refractivity contribution is 1.25. The van der Waals surface area contributed by atoms with Crippen LogP contribution in [0.25, 0.3) is 11.1 Å². The molecule has 0 aliphatic carbocycles. The van der Waals surface area contributed by atoms with E-state index in [1.807, 2.05) is 0 Å². The van der Waals surface area contributed by atoms with E-state index in [-0.39, 0.29) is 0 Å². The van der Waals surface area contributed by atoms with Gasteiger partial charge in [-0.2, -0.15) is 0 Å². The van der Waals surface area contributed by atoms with E-state index in [9.17, 15) is 0 Å². The summed E-state index contributed by atoms with van der Waals surface area (Å²) < 4.78 is 0. The summed E-state index contributed by atoms with van der Waals surface area (Å²) in [5, 5.41) is 0. The Labute approximate surface area is 231 Å². The molecule has 0 aromatic heterocycles. The van der Waals surface area contributed by atoms with Gasteiger partial charge in [-0.25, -0.2) is 0 Å². The summed E-state index contributed by atoms with van der Waals surface area (Å²) in [6, 6.07) is 57.9. The summed E-state index contributed by atoms with van der Waals surface area (Å²) in [7, 11) is 0. The molecule has 0 amide bonds. The summed E-state index contributed by atoms with van der Waals surface area (Å²) in [4.78, 5) is 4.65. The molecule has 0 unspecified atom stereocenters. The first-order valence-corrected chi connectivity index (χ1v) is 13.3. The van der Waals surface area contributed by atoms with Crippen molar-refractivity contribution in [3.05, 3.63) is 169 Å². The maximum Gasteiger partial charge on any atom is 0.0540 e. The molecule has 0 saturated carbocycles. The molecule has 0 bridgehead atoms. The van der Waals surface area contributed by atoms with Crippen molar-refractivity contribution < 1.29 is 0 Å². The van der Waals surface area contributed by atoms with Crippen LogP contribution in [0.2, 0.25) is 0 Å². The highest BCUT2D eigenvalue weighted by Gasteiger charge is 2.18. The Morgan fingerprint density at radius 2 is 0.821 bits per heavy atom. The van der Waals surface area contributed by atoms with E-state index in [4.69, 9.17) is 0 Å². The average Bonchev–Trinajstić information content (AvgIpc) is 3.00. The van der Waals surface area contributed by atoms with Gasteiger partial charge in [0.25, 0.3) is 0 Å². The molecule has 0 spiro atoms. The zero-order valence-electron chi connectivity index (χ0n) is 22.0. The molecule has 188 valence electrons. The molecule has 0 heterocycles. The SMILES string of the molecule is Cc1cccc(N(c2ccccc2)c2ccc(N(c3ccccc3)c3ccccc3-c3ccccc3)cc2)c1. The quantitative estimate of drug-likeness (QED) is 0.214. The van der Waals surface area contributed by atoms with Crippen LogP contribution in [-0.2, 0) is 0 Å². The maximum absolute atomic E-state index is 2.34. The predicted molar refractivity (Wildman–Crippen MR) is 166 cm³/mol. The fourth-order valence-electron chi connectivity index (χ4n) is 5.08. The predicted octanol–water partition coefficient (Wildman–Crippen LogP) is 10.6. The van der Waals surface area contributed by atoms with E-state index < -0.39 is 0 Å². The first-order chi connectivity index (χ1) is 19.3. The van der Waals surface area contributed by atoms with Crippen molar-refractivity contribution in [1.82, 2.24) is 0 Å². The van der Waals surface area contributed by atoms with Gasteiger partial charge in [0.1, 0.15) is 0 Å². The van der Waals surface area contributed by atoms with Gasteiger partial charge in [0.15, 0.2) is 0 Å². The smallest absolute Gasteiger partial charge is 0.0540 e. The number of hydrogen-bond acceptors (Lipinski definition) is 2. The van der Waals surface area contributed by atoms with Crippen LogP contribution in [0.15, 0.2) is 164 Å². The lowest BCUT2D eigenvalue weighted by Crippen LogP contribution is -2.12. The normalized spacial score (nSPS) is 10.7. The van der Waals surface area contributed by atoms with Gasteiger partial charge in [0, 0.05) is 34.0 Å². The van der Waals surface area contributed by atoms with Crippen molar-refractivity contribution in [3.63, 3.8) is 0 Å². The van der Waals surface area contributed by atoms with Gasteiger partial charge in [0.2, 0.25) is 0 Å². The largest absolute Gasteiger partial charge is 0.310 e. The number of rotatable bonds is 7. The summed E-state index contributed by atoms with van der Waals surface area (Å²) in [5.41, 5.74) is 10.4. The highest BCUT2D eigenvalue weighted by atomic mass is 15.2. The van der Waals surface area contributed by atoms with Crippen molar-refractivity contribution >= 4 is 34.1 Å². The lowest BCUT2D eigenvalue weighted by Gasteiger charge is -2.29. The van der Waals surface area contributed by atoms with Crippen LogP contribution in [0.5, 0.6) is 0 Å². The highest BCUT2D eigenvalue weighted by Crippen LogP contribution is 2.42. The second kappa shape index (κ2) is 11.1. The van der Waals surface area contributed by atoms with Crippen LogP contribution in [0.3, 0.4) is 0 Å². The Kier molecular flexibility index (Phi) is 6.92. The van der Waals surface area contributed by atoms with Gasteiger partial charge < -0.3 is 9.80 Å². The fourth-order valence-corrected chi connectivity index (χ4v) is 5.08. The van der Waals surface area contributed by atoms with Crippen LogP contribution >= 0.6 is 0 Å². The maximum atomic E-state index is 2.34. The molecule has 39 heavy (non-hydrogen) atoms. The molecule has 6 aromatic carbocycles. The van der Waals surface area contributed by atoms with Crippen molar-refractivity contribution in [2.75, 3.05) is 9.80 Å². The van der Waals surface area contributed by atoms with Crippen molar-refractivity contribution in [3.8, 4) is 11.1 Å². The molecule has 0 aliphatic heterocycles. The third-order valence-electron chi connectivity index (χ3n) is 6.88. The third kappa shape index (κ3) is 5.18. The van der Waals surface area contributed by atoms with Gasteiger partial charge in [-0.05, 0) is 84.8 Å². The Morgan fingerprint density at radius 1 is 0.359 bits per heavy atom.